The smallest absolute Gasteiger partial charge is 0.244 e. The lowest BCUT2D eigenvalue weighted by Crippen LogP contribution is -2.37. The standard InChI is InChI=1S/C13H23N5S/c1-14-9-10-4-6-18(7-5-10)13-15-12(16-17-13)11-3-2-8-19-11/h10-11,14H,2-9H2,1H3,(H,15,16,17). The second-order valence-electron chi connectivity index (χ2n) is 5.51. The van der Waals surface area contributed by atoms with Crippen molar-refractivity contribution < 1.29 is 0 Å². The number of aromatic nitrogens is 3. The lowest BCUT2D eigenvalue weighted by Gasteiger charge is -2.31. The number of hydrogen-bond acceptors (Lipinski definition) is 5. The minimum absolute atomic E-state index is 0.545. The van der Waals surface area contributed by atoms with Crippen LogP contribution in [0.2, 0.25) is 0 Å². The van der Waals surface area contributed by atoms with E-state index >= 15 is 0 Å². The molecular weight excluding hydrogens is 258 g/mol. The van der Waals surface area contributed by atoms with E-state index in [0.717, 1.165) is 37.3 Å². The molecule has 3 rings (SSSR count). The van der Waals surface area contributed by atoms with Crippen molar-refractivity contribution in [3.05, 3.63) is 5.82 Å². The summed E-state index contributed by atoms with van der Waals surface area (Å²) in [6.45, 7) is 3.30. The second kappa shape index (κ2) is 6.13. The molecule has 0 saturated carbocycles. The summed E-state index contributed by atoms with van der Waals surface area (Å²) in [5, 5.41) is 11.4. The zero-order chi connectivity index (χ0) is 13.1. The Morgan fingerprint density at radius 1 is 1.37 bits per heavy atom. The fraction of sp³-hybridized carbons (Fsp3) is 0.846. The van der Waals surface area contributed by atoms with Crippen molar-refractivity contribution in [1.82, 2.24) is 20.5 Å². The molecule has 1 atom stereocenters. The van der Waals surface area contributed by atoms with Crippen molar-refractivity contribution >= 4 is 17.7 Å². The molecule has 3 heterocycles. The van der Waals surface area contributed by atoms with E-state index in [1.165, 1.54) is 31.4 Å². The van der Waals surface area contributed by atoms with E-state index < -0.39 is 0 Å². The monoisotopic (exact) mass is 281 g/mol. The van der Waals surface area contributed by atoms with Gasteiger partial charge in [0.05, 0.1) is 5.25 Å². The summed E-state index contributed by atoms with van der Waals surface area (Å²) in [5.74, 6) is 4.06. The maximum absolute atomic E-state index is 4.71. The molecule has 0 bridgehead atoms. The van der Waals surface area contributed by atoms with E-state index in [4.69, 9.17) is 4.98 Å². The number of nitrogens with one attached hydrogen (secondary N) is 2. The predicted octanol–water partition coefficient (Wildman–Crippen LogP) is 1.81. The molecule has 2 aliphatic heterocycles. The van der Waals surface area contributed by atoms with Crippen molar-refractivity contribution in [3.8, 4) is 0 Å². The van der Waals surface area contributed by atoms with Crippen molar-refractivity contribution in [2.24, 2.45) is 5.92 Å². The van der Waals surface area contributed by atoms with Crippen molar-refractivity contribution in [3.63, 3.8) is 0 Å². The van der Waals surface area contributed by atoms with Crippen LogP contribution in [0, 0.1) is 5.92 Å². The Morgan fingerprint density at radius 2 is 2.21 bits per heavy atom. The predicted molar refractivity (Wildman–Crippen MR) is 79.7 cm³/mol. The van der Waals surface area contributed by atoms with Gasteiger partial charge >= 0.3 is 0 Å². The van der Waals surface area contributed by atoms with Gasteiger partial charge in [-0.15, -0.1) is 5.10 Å². The molecule has 0 aliphatic carbocycles. The quantitative estimate of drug-likeness (QED) is 0.881. The van der Waals surface area contributed by atoms with E-state index in [1.54, 1.807) is 0 Å². The highest BCUT2D eigenvalue weighted by Crippen LogP contribution is 2.38. The number of H-pyrrole nitrogens is 1. The number of piperidine rings is 1. The Hall–Kier alpha value is -0.750. The molecular formula is C13H23N5S. The van der Waals surface area contributed by atoms with Crippen LogP contribution in [0.5, 0.6) is 0 Å². The van der Waals surface area contributed by atoms with Crippen LogP contribution in [0.3, 0.4) is 0 Å². The fourth-order valence-electron chi connectivity index (χ4n) is 2.97. The van der Waals surface area contributed by atoms with E-state index in [2.05, 4.69) is 20.4 Å². The number of anilines is 1. The summed E-state index contributed by atoms with van der Waals surface area (Å²) in [4.78, 5) is 7.03. The van der Waals surface area contributed by atoms with Crippen LogP contribution in [-0.4, -0.2) is 47.6 Å². The van der Waals surface area contributed by atoms with Crippen molar-refractivity contribution in [2.75, 3.05) is 37.3 Å². The van der Waals surface area contributed by atoms with E-state index in [-0.39, 0.29) is 0 Å². The van der Waals surface area contributed by atoms with Gasteiger partial charge < -0.3 is 10.2 Å². The molecule has 0 radical (unpaired) electrons. The van der Waals surface area contributed by atoms with Gasteiger partial charge in [0, 0.05) is 13.1 Å². The number of nitrogens with zero attached hydrogens (tertiary/aromatic N) is 3. The van der Waals surface area contributed by atoms with E-state index in [0.29, 0.717) is 5.25 Å². The SMILES string of the molecule is CNCC1CCN(c2n[nH]c(C3CCCS3)n2)CC1. The molecule has 2 N–H and O–H groups in total. The molecule has 1 aromatic rings. The van der Waals surface area contributed by atoms with Crippen LogP contribution in [0.25, 0.3) is 0 Å². The van der Waals surface area contributed by atoms with Crippen molar-refractivity contribution in [1.29, 1.82) is 0 Å². The van der Waals surface area contributed by atoms with Crippen molar-refractivity contribution in [2.45, 2.75) is 30.9 Å². The zero-order valence-electron chi connectivity index (χ0n) is 11.6. The van der Waals surface area contributed by atoms with Crippen LogP contribution in [0.1, 0.15) is 36.8 Å². The molecule has 2 fully saturated rings. The summed E-state index contributed by atoms with van der Waals surface area (Å²) in [6.07, 6.45) is 5.02. The average molecular weight is 281 g/mol. The Morgan fingerprint density at radius 3 is 2.89 bits per heavy atom. The van der Waals surface area contributed by atoms with Gasteiger partial charge in [0.25, 0.3) is 0 Å². The zero-order valence-corrected chi connectivity index (χ0v) is 12.4. The second-order valence-corrected chi connectivity index (χ2v) is 6.82. The Kier molecular flexibility index (Phi) is 4.28. The number of hydrogen-bond donors (Lipinski definition) is 2. The lowest BCUT2D eigenvalue weighted by molar-refractivity contribution is 0.391. The maximum atomic E-state index is 4.71. The van der Waals surface area contributed by atoms with Crippen LogP contribution in [-0.2, 0) is 0 Å². The van der Waals surface area contributed by atoms with E-state index in [9.17, 15) is 0 Å². The third kappa shape index (κ3) is 3.05. The normalized spacial score (nSPS) is 25.1. The Balaban J connectivity index is 1.58. The first-order valence-electron chi connectivity index (χ1n) is 7.30. The largest absolute Gasteiger partial charge is 0.340 e. The molecule has 0 aromatic carbocycles. The van der Waals surface area contributed by atoms with Gasteiger partial charge in [-0.1, -0.05) is 0 Å². The van der Waals surface area contributed by atoms with Crippen LogP contribution >= 0.6 is 11.8 Å². The Labute approximate surface area is 118 Å². The molecule has 1 aromatic heterocycles. The highest BCUT2D eigenvalue weighted by molar-refractivity contribution is 7.99. The molecule has 0 amide bonds. The third-order valence-corrected chi connectivity index (χ3v) is 5.50. The van der Waals surface area contributed by atoms with E-state index in [1.807, 2.05) is 18.8 Å². The fourth-order valence-corrected chi connectivity index (χ4v) is 4.18. The molecule has 1 unspecified atom stereocenters. The molecule has 6 heteroatoms. The highest BCUT2D eigenvalue weighted by atomic mass is 32.2. The first-order chi connectivity index (χ1) is 9.36. The average Bonchev–Trinajstić information content (AvgIpc) is 3.11. The van der Waals surface area contributed by atoms with Gasteiger partial charge in [0.1, 0.15) is 5.82 Å². The molecule has 106 valence electrons. The number of thioether (sulfide) groups is 1. The van der Waals surface area contributed by atoms with Gasteiger partial charge in [-0.05, 0) is 50.9 Å². The van der Waals surface area contributed by atoms with Gasteiger partial charge in [-0.25, -0.2) is 0 Å². The molecule has 19 heavy (non-hydrogen) atoms. The lowest BCUT2D eigenvalue weighted by atomic mass is 9.97. The van der Waals surface area contributed by atoms with Gasteiger partial charge in [-0.3, -0.25) is 5.10 Å². The molecule has 0 spiro atoms. The van der Waals surface area contributed by atoms with Gasteiger partial charge in [0.2, 0.25) is 5.95 Å². The molecule has 2 aliphatic rings. The minimum atomic E-state index is 0.545. The first kappa shape index (κ1) is 13.2. The van der Waals surface area contributed by atoms with Crippen LogP contribution < -0.4 is 10.2 Å². The summed E-state index contributed by atoms with van der Waals surface area (Å²) in [5.41, 5.74) is 0. The highest BCUT2D eigenvalue weighted by Gasteiger charge is 2.25. The maximum Gasteiger partial charge on any atom is 0.244 e. The Bertz CT molecular complexity index is 393. The van der Waals surface area contributed by atoms with Gasteiger partial charge in [-0.2, -0.15) is 16.7 Å². The number of rotatable bonds is 4. The summed E-state index contributed by atoms with van der Waals surface area (Å²) < 4.78 is 0. The minimum Gasteiger partial charge on any atom is -0.340 e. The first-order valence-corrected chi connectivity index (χ1v) is 8.35. The summed E-state index contributed by atoms with van der Waals surface area (Å²) in [6, 6.07) is 0. The van der Waals surface area contributed by atoms with Crippen LogP contribution in [0.4, 0.5) is 5.95 Å². The van der Waals surface area contributed by atoms with Crippen LogP contribution in [0.15, 0.2) is 0 Å². The molecule has 2 saturated heterocycles. The third-order valence-electron chi connectivity index (χ3n) is 4.12. The summed E-state index contributed by atoms with van der Waals surface area (Å²) in [7, 11) is 2.03. The number of aromatic amines is 1. The van der Waals surface area contributed by atoms with Gasteiger partial charge in [0.15, 0.2) is 0 Å². The summed E-state index contributed by atoms with van der Waals surface area (Å²) >= 11 is 2.00. The molecule has 5 nitrogen and oxygen atoms in total. The topological polar surface area (TPSA) is 56.8 Å².